The summed E-state index contributed by atoms with van der Waals surface area (Å²) in [5, 5.41) is 14.3. The van der Waals surface area contributed by atoms with Crippen molar-refractivity contribution in [1.82, 2.24) is 10.2 Å². The first kappa shape index (κ1) is 20.3. The molecule has 4 amide bonds. The molecule has 1 atom stereocenters. The number of nitrogens with zero attached hydrogens (tertiary/aromatic N) is 1. The number of nitrogens with one attached hydrogen (secondary N) is 2. The third-order valence-corrected chi connectivity index (χ3v) is 5.38. The van der Waals surface area contributed by atoms with Gasteiger partial charge in [0.25, 0.3) is 11.8 Å². The van der Waals surface area contributed by atoms with Gasteiger partial charge in [-0.15, -0.1) is 0 Å². The molecule has 0 aromatic heterocycles. The Morgan fingerprint density at radius 3 is 2.42 bits per heavy atom. The number of imide groups is 2. The number of carboxylic acids is 1. The SMILES string of the molecule is O=C1CCC(N2C(=O)c3ccc(NCCc4ccc(C(=O)O)cc4)cc3C2=O)C(=O)N1. The lowest BCUT2D eigenvalue weighted by Gasteiger charge is -2.27. The number of carbonyl (C=O) groups excluding carboxylic acids is 4. The molecule has 9 nitrogen and oxygen atoms in total. The zero-order chi connectivity index (χ0) is 22.1. The zero-order valence-electron chi connectivity index (χ0n) is 16.4. The molecule has 0 radical (unpaired) electrons. The maximum absolute atomic E-state index is 12.8. The van der Waals surface area contributed by atoms with Gasteiger partial charge in [0.05, 0.1) is 16.7 Å². The number of carbonyl (C=O) groups is 5. The molecule has 2 aromatic rings. The molecular weight excluding hydrogens is 402 g/mol. The van der Waals surface area contributed by atoms with Crippen LogP contribution in [0, 0.1) is 0 Å². The lowest BCUT2D eigenvalue weighted by Crippen LogP contribution is -2.54. The molecular formula is C22H19N3O6. The van der Waals surface area contributed by atoms with E-state index in [1.54, 1.807) is 42.5 Å². The fraction of sp³-hybridized carbons (Fsp3) is 0.227. The van der Waals surface area contributed by atoms with Gasteiger partial charge in [0.15, 0.2) is 0 Å². The fourth-order valence-electron chi connectivity index (χ4n) is 3.75. The number of amides is 4. The number of fused-ring (bicyclic) bond motifs is 1. The van der Waals surface area contributed by atoms with Crippen LogP contribution in [0.3, 0.4) is 0 Å². The number of aromatic carboxylic acids is 1. The van der Waals surface area contributed by atoms with Crippen molar-refractivity contribution in [2.24, 2.45) is 0 Å². The van der Waals surface area contributed by atoms with Crippen LogP contribution in [-0.4, -0.2) is 52.2 Å². The van der Waals surface area contributed by atoms with Crippen LogP contribution in [0.2, 0.25) is 0 Å². The molecule has 3 N–H and O–H groups in total. The Balaban J connectivity index is 1.43. The van der Waals surface area contributed by atoms with Crippen molar-refractivity contribution in [2.75, 3.05) is 11.9 Å². The lowest BCUT2D eigenvalue weighted by atomic mass is 10.0. The van der Waals surface area contributed by atoms with Crippen LogP contribution in [0.15, 0.2) is 42.5 Å². The van der Waals surface area contributed by atoms with Crippen LogP contribution in [0.1, 0.15) is 49.5 Å². The van der Waals surface area contributed by atoms with Crippen LogP contribution in [0.4, 0.5) is 5.69 Å². The summed E-state index contributed by atoms with van der Waals surface area (Å²) in [6.45, 7) is 0.532. The van der Waals surface area contributed by atoms with Gasteiger partial charge in [-0.3, -0.25) is 29.4 Å². The molecule has 0 bridgehead atoms. The Morgan fingerprint density at radius 1 is 1.03 bits per heavy atom. The van der Waals surface area contributed by atoms with Crippen molar-refractivity contribution in [3.8, 4) is 0 Å². The first-order valence-corrected chi connectivity index (χ1v) is 9.77. The summed E-state index contributed by atoms with van der Waals surface area (Å²) in [7, 11) is 0. The van der Waals surface area contributed by atoms with E-state index < -0.39 is 35.6 Å². The maximum Gasteiger partial charge on any atom is 0.335 e. The lowest BCUT2D eigenvalue weighted by molar-refractivity contribution is -0.136. The smallest absolute Gasteiger partial charge is 0.335 e. The highest BCUT2D eigenvalue weighted by atomic mass is 16.4. The molecule has 4 rings (SSSR count). The Labute approximate surface area is 177 Å². The summed E-state index contributed by atoms with van der Waals surface area (Å²) < 4.78 is 0. The van der Waals surface area contributed by atoms with Crippen LogP contribution in [0.5, 0.6) is 0 Å². The van der Waals surface area contributed by atoms with E-state index in [1.807, 2.05) is 0 Å². The number of piperidine rings is 1. The molecule has 158 valence electrons. The monoisotopic (exact) mass is 421 g/mol. The van der Waals surface area contributed by atoms with Crippen LogP contribution >= 0.6 is 0 Å². The van der Waals surface area contributed by atoms with E-state index in [9.17, 15) is 24.0 Å². The predicted octanol–water partition coefficient (Wildman–Crippen LogP) is 1.44. The average Bonchev–Trinajstić information content (AvgIpc) is 2.99. The van der Waals surface area contributed by atoms with E-state index in [4.69, 9.17) is 5.11 Å². The van der Waals surface area contributed by atoms with Crippen LogP contribution in [0.25, 0.3) is 0 Å². The maximum atomic E-state index is 12.8. The van der Waals surface area contributed by atoms with E-state index >= 15 is 0 Å². The minimum absolute atomic E-state index is 0.0735. The Bertz CT molecular complexity index is 1110. The van der Waals surface area contributed by atoms with E-state index in [0.29, 0.717) is 18.7 Å². The van der Waals surface area contributed by atoms with Crippen molar-refractivity contribution in [1.29, 1.82) is 0 Å². The third kappa shape index (κ3) is 3.89. The minimum Gasteiger partial charge on any atom is -0.478 e. The molecule has 1 fully saturated rings. The van der Waals surface area contributed by atoms with Crippen molar-refractivity contribution < 1.29 is 29.1 Å². The summed E-state index contributed by atoms with van der Waals surface area (Å²) in [6.07, 6.45) is 0.818. The van der Waals surface area contributed by atoms with E-state index in [0.717, 1.165) is 10.5 Å². The molecule has 1 unspecified atom stereocenters. The molecule has 0 saturated carbocycles. The summed E-state index contributed by atoms with van der Waals surface area (Å²) in [6, 6.07) is 10.4. The summed E-state index contributed by atoms with van der Waals surface area (Å²) >= 11 is 0. The normalized spacial score (nSPS) is 18.1. The second kappa shape index (κ2) is 8.02. The standard InChI is InChI=1S/C22H19N3O6/c26-18-8-7-17(19(27)24-18)25-20(28)15-6-5-14(11-16(15)21(25)29)23-10-9-12-1-3-13(4-2-12)22(30)31/h1-6,11,17,23H,7-10H2,(H,30,31)(H,24,26,27). The van der Waals surface area contributed by atoms with E-state index in [2.05, 4.69) is 10.6 Å². The largest absolute Gasteiger partial charge is 0.478 e. The highest BCUT2D eigenvalue weighted by Crippen LogP contribution is 2.29. The topological polar surface area (TPSA) is 133 Å². The molecule has 2 aliphatic rings. The van der Waals surface area contributed by atoms with Crippen LogP contribution < -0.4 is 10.6 Å². The van der Waals surface area contributed by atoms with Gasteiger partial charge in [0.2, 0.25) is 11.8 Å². The molecule has 31 heavy (non-hydrogen) atoms. The first-order valence-electron chi connectivity index (χ1n) is 9.77. The molecule has 2 aliphatic heterocycles. The zero-order valence-corrected chi connectivity index (χ0v) is 16.4. The van der Waals surface area contributed by atoms with Crippen LogP contribution in [-0.2, 0) is 16.0 Å². The van der Waals surface area contributed by atoms with Crippen molar-refractivity contribution in [3.63, 3.8) is 0 Å². The van der Waals surface area contributed by atoms with Gasteiger partial charge >= 0.3 is 5.97 Å². The number of carboxylic acid groups (broad SMARTS) is 1. The van der Waals surface area contributed by atoms with Gasteiger partial charge in [0, 0.05) is 18.7 Å². The number of rotatable bonds is 6. The van der Waals surface area contributed by atoms with E-state index in [1.165, 1.54) is 0 Å². The Kier molecular flexibility index (Phi) is 5.24. The fourth-order valence-corrected chi connectivity index (χ4v) is 3.75. The second-order valence-corrected chi connectivity index (χ2v) is 7.39. The van der Waals surface area contributed by atoms with Crippen molar-refractivity contribution in [2.45, 2.75) is 25.3 Å². The Morgan fingerprint density at radius 2 is 1.74 bits per heavy atom. The summed E-state index contributed by atoms with van der Waals surface area (Å²) in [5.74, 6) is -3.13. The number of anilines is 1. The predicted molar refractivity (Wildman–Crippen MR) is 109 cm³/mol. The second-order valence-electron chi connectivity index (χ2n) is 7.39. The van der Waals surface area contributed by atoms with Gasteiger partial charge < -0.3 is 10.4 Å². The number of hydrogen-bond acceptors (Lipinski definition) is 6. The quantitative estimate of drug-likeness (QED) is 0.601. The highest BCUT2D eigenvalue weighted by Gasteiger charge is 2.44. The Hall–Kier alpha value is -4.01. The summed E-state index contributed by atoms with van der Waals surface area (Å²) in [5.41, 5.74) is 2.26. The molecule has 9 heteroatoms. The molecule has 2 heterocycles. The summed E-state index contributed by atoms with van der Waals surface area (Å²) in [4.78, 5) is 60.8. The van der Waals surface area contributed by atoms with Gasteiger partial charge in [0.1, 0.15) is 6.04 Å². The van der Waals surface area contributed by atoms with Crippen molar-refractivity contribution in [3.05, 3.63) is 64.7 Å². The van der Waals surface area contributed by atoms with Crippen molar-refractivity contribution >= 4 is 35.3 Å². The number of benzene rings is 2. The van der Waals surface area contributed by atoms with Gasteiger partial charge in [-0.2, -0.15) is 0 Å². The van der Waals surface area contributed by atoms with Gasteiger partial charge in [-0.25, -0.2) is 4.79 Å². The molecule has 0 spiro atoms. The molecule has 0 aliphatic carbocycles. The highest BCUT2D eigenvalue weighted by molar-refractivity contribution is 6.23. The van der Waals surface area contributed by atoms with E-state index in [-0.39, 0.29) is 29.5 Å². The average molecular weight is 421 g/mol. The minimum atomic E-state index is -0.990. The molecule has 2 aromatic carbocycles. The third-order valence-electron chi connectivity index (χ3n) is 5.38. The van der Waals surface area contributed by atoms with Gasteiger partial charge in [-0.05, 0) is 48.7 Å². The first-order chi connectivity index (χ1) is 14.8. The molecule has 1 saturated heterocycles. The van der Waals surface area contributed by atoms with Gasteiger partial charge in [-0.1, -0.05) is 12.1 Å². The number of hydrogen-bond donors (Lipinski definition) is 3.